The summed E-state index contributed by atoms with van der Waals surface area (Å²) >= 11 is 0. The number of nitrogens with zero attached hydrogens (tertiary/aromatic N) is 2. The summed E-state index contributed by atoms with van der Waals surface area (Å²) in [7, 11) is 2.01. The van der Waals surface area contributed by atoms with E-state index in [1.807, 2.05) is 32.2 Å². The predicted molar refractivity (Wildman–Crippen MR) is 95.3 cm³/mol. The van der Waals surface area contributed by atoms with Crippen LogP contribution in [-0.4, -0.2) is 23.5 Å². The van der Waals surface area contributed by atoms with Crippen LogP contribution in [0, 0.1) is 6.92 Å². The molecule has 0 saturated heterocycles. The van der Waals surface area contributed by atoms with Gasteiger partial charge in [-0.3, -0.25) is 4.79 Å². The second-order valence-corrected chi connectivity index (χ2v) is 5.84. The minimum Gasteiger partial charge on any atom is -0.454 e. The molecule has 0 radical (unpaired) electrons. The van der Waals surface area contributed by atoms with E-state index in [1.54, 1.807) is 24.4 Å². The number of fused-ring (bicyclic) bond motifs is 2. The summed E-state index contributed by atoms with van der Waals surface area (Å²) in [4.78, 5) is 12.3. The minimum atomic E-state index is -0.299. The fourth-order valence-electron chi connectivity index (χ4n) is 2.97. The van der Waals surface area contributed by atoms with Crippen molar-refractivity contribution in [3.63, 3.8) is 0 Å². The first kappa shape index (κ1) is 15.3. The Morgan fingerprint density at radius 2 is 2.00 bits per heavy atom. The topological polar surface area (TPSA) is 64.8 Å². The van der Waals surface area contributed by atoms with E-state index >= 15 is 0 Å². The molecule has 3 aromatic rings. The molecule has 25 heavy (non-hydrogen) atoms. The number of aromatic nitrogens is 1. The van der Waals surface area contributed by atoms with Gasteiger partial charge < -0.3 is 14.0 Å². The molecule has 1 amide bonds. The molecule has 6 nitrogen and oxygen atoms in total. The molecule has 1 aromatic heterocycles. The van der Waals surface area contributed by atoms with Gasteiger partial charge in [0.05, 0.1) is 6.21 Å². The van der Waals surface area contributed by atoms with Crippen molar-refractivity contribution < 1.29 is 14.3 Å². The molecule has 1 N–H and O–H groups in total. The van der Waals surface area contributed by atoms with Crippen molar-refractivity contribution in [2.75, 3.05) is 6.79 Å². The van der Waals surface area contributed by atoms with E-state index in [1.165, 1.54) is 0 Å². The first-order chi connectivity index (χ1) is 12.1. The Hall–Kier alpha value is -3.28. The lowest BCUT2D eigenvalue weighted by molar-refractivity contribution is 0.0954. The molecule has 0 unspecified atom stereocenters. The molecule has 2 heterocycles. The SMILES string of the molecule is Cc1c(/C=N\NC(=O)c2ccc3c(c2)OCO3)c2ccccc2n1C. The summed E-state index contributed by atoms with van der Waals surface area (Å²) in [5.41, 5.74) is 6.24. The van der Waals surface area contributed by atoms with Crippen LogP contribution >= 0.6 is 0 Å². The number of hydrogen-bond donors (Lipinski definition) is 1. The van der Waals surface area contributed by atoms with Crippen LogP contribution in [0.3, 0.4) is 0 Å². The monoisotopic (exact) mass is 335 g/mol. The third kappa shape index (κ3) is 2.61. The average molecular weight is 335 g/mol. The summed E-state index contributed by atoms with van der Waals surface area (Å²) in [5.74, 6) is 0.917. The highest BCUT2D eigenvalue weighted by molar-refractivity contribution is 6.02. The Morgan fingerprint density at radius 1 is 1.20 bits per heavy atom. The highest BCUT2D eigenvalue weighted by atomic mass is 16.7. The Kier molecular flexibility index (Phi) is 3.65. The number of carbonyl (C=O) groups is 1. The number of rotatable bonds is 3. The van der Waals surface area contributed by atoms with Gasteiger partial charge in [0.2, 0.25) is 6.79 Å². The second-order valence-electron chi connectivity index (χ2n) is 5.84. The lowest BCUT2D eigenvalue weighted by Gasteiger charge is -2.02. The number of para-hydroxylation sites is 1. The van der Waals surface area contributed by atoms with E-state index in [2.05, 4.69) is 21.2 Å². The Bertz CT molecular complexity index is 1000. The zero-order valence-electron chi connectivity index (χ0n) is 13.9. The first-order valence-corrected chi connectivity index (χ1v) is 7.92. The van der Waals surface area contributed by atoms with Gasteiger partial charge in [-0.05, 0) is 31.2 Å². The molecule has 0 bridgehead atoms. The summed E-state index contributed by atoms with van der Waals surface area (Å²) in [6, 6.07) is 13.1. The van der Waals surface area contributed by atoms with Gasteiger partial charge in [-0.25, -0.2) is 5.43 Å². The van der Waals surface area contributed by atoms with Gasteiger partial charge in [0.15, 0.2) is 11.5 Å². The van der Waals surface area contributed by atoms with Crippen molar-refractivity contribution in [3.05, 3.63) is 59.3 Å². The maximum Gasteiger partial charge on any atom is 0.271 e. The largest absolute Gasteiger partial charge is 0.454 e. The van der Waals surface area contributed by atoms with E-state index in [-0.39, 0.29) is 12.7 Å². The van der Waals surface area contributed by atoms with Gasteiger partial charge in [-0.15, -0.1) is 0 Å². The van der Waals surface area contributed by atoms with Crippen molar-refractivity contribution in [2.45, 2.75) is 6.92 Å². The zero-order valence-corrected chi connectivity index (χ0v) is 13.9. The Labute approximate surface area is 144 Å². The predicted octanol–water partition coefficient (Wildman–Crippen LogP) is 2.98. The fraction of sp³-hybridized carbons (Fsp3) is 0.158. The smallest absolute Gasteiger partial charge is 0.271 e. The molecule has 0 aliphatic carbocycles. The van der Waals surface area contributed by atoms with E-state index in [0.29, 0.717) is 17.1 Å². The van der Waals surface area contributed by atoms with Crippen LogP contribution in [0.2, 0.25) is 0 Å². The summed E-state index contributed by atoms with van der Waals surface area (Å²) < 4.78 is 12.6. The van der Waals surface area contributed by atoms with Gasteiger partial charge >= 0.3 is 0 Å². The number of carbonyl (C=O) groups excluding carboxylic acids is 1. The van der Waals surface area contributed by atoms with Crippen molar-refractivity contribution in [1.82, 2.24) is 9.99 Å². The highest BCUT2D eigenvalue weighted by Gasteiger charge is 2.16. The third-order valence-electron chi connectivity index (χ3n) is 4.44. The van der Waals surface area contributed by atoms with Crippen molar-refractivity contribution >= 4 is 23.0 Å². The fourth-order valence-corrected chi connectivity index (χ4v) is 2.97. The van der Waals surface area contributed by atoms with E-state index in [9.17, 15) is 4.79 Å². The molecule has 4 rings (SSSR count). The van der Waals surface area contributed by atoms with Gasteiger partial charge in [-0.1, -0.05) is 18.2 Å². The summed E-state index contributed by atoms with van der Waals surface area (Å²) in [6.07, 6.45) is 1.68. The molecule has 6 heteroatoms. The van der Waals surface area contributed by atoms with Crippen LogP contribution in [0.4, 0.5) is 0 Å². The molecule has 0 atom stereocenters. The van der Waals surface area contributed by atoms with Gasteiger partial charge in [-0.2, -0.15) is 5.10 Å². The molecular weight excluding hydrogens is 318 g/mol. The first-order valence-electron chi connectivity index (χ1n) is 7.92. The molecule has 0 fully saturated rings. The summed E-state index contributed by atoms with van der Waals surface area (Å²) in [5, 5.41) is 5.23. The van der Waals surface area contributed by atoms with Crippen molar-refractivity contribution in [2.24, 2.45) is 12.1 Å². The number of benzene rings is 2. The number of hydrazone groups is 1. The molecular formula is C19H17N3O3. The molecule has 2 aromatic carbocycles. The maximum atomic E-state index is 12.3. The standard InChI is InChI=1S/C19H17N3O3/c1-12-15(14-5-3-4-6-16(14)22(12)2)10-20-21-19(23)13-7-8-17-18(9-13)25-11-24-17/h3-10H,11H2,1-2H3,(H,21,23)/b20-10-. The van der Waals surface area contributed by atoms with Crippen LogP contribution in [0.1, 0.15) is 21.6 Å². The molecule has 0 spiro atoms. The Balaban J connectivity index is 1.55. The summed E-state index contributed by atoms with van der Waals surface area (Å²) in [6.45, 7) is 2.21. The van der Waals surface area contributed by atoms with Crippen LogP contribution in [-0.2, 0) is 7.05 Å². The number of ether oxygens (including phenoxy) is 2. The number of amides is 1. The third-order valence-corrected chi connectivity index (χ3v) is 4.44. The number of nitrogens with one attached hydrogen (secondary N) is 1. The molecule has 1 aliphatic heterocycles. The maximum absolute atomic E-state index is 12.3. The molecule has 0 saturated carbocycles. The highest BCUT2D eigenvalue weighted by Crippen LogP contribution is 2.32. The van der Waals surface area contributed by atoms with Crippen molar-refractivity contribution in [1.29, 1.82) is 0 Å². The van der Waals surface area contributed by atoms with Crippen LogP contribution in [0.15, 0.2) is 47.6 Å². The van der Waals surface area contributed by atoms with Gasteiger partial charge in [0.25, 0.3) is 5.91 Å². The number of hydrogen-bond acceptors (Lipinski definition) is 4. The van der Waals surface area contributed by atoms with E-state index in [4.69, 9.17) is 9.47 Å². The van der Waals surface area contributed by atoms with Gasteiger partial charge in [0.1, 0.15) is 0 Å². The zero-order chi connectivity index (χ0) is 17.4. The lowest BCUT2D eigenvalue weighted by Crippen LogP contribution is -2.17. The average Bonchev–Trinajstić information content (AvgIpc) is 3.20. The number of aryl methyl sites for hydroxylation is 1. The van der Waals surface area contributed by atoms with Crippen LogP contribution in [0.5, 0.6) is 11.5 Å². The van der Waals surface area contributed by atoms with Crippen LogP contribution < -0.4 is 14.9 Å². The minimum absolute atomic E-state index is 0.179. The normalized spacial score (nSPS) is 12.9. The van der Waals surface area contributed by atoms with E-state index < -0.39 is 0 Å². The van der Waals surface area contributed by atoms with Crippen LogP contribution in [0.25, 0.3) is 10.9 Å². The van der Waals surface area contributed by atoms with Crippen molar-refractivity contribution in [3.8, 4) is 11.5 Å². The second kappa shape index (κ2) is 5.98. The molecule has 1 aliphatic rings. The van der Waals surface area contributed by atoms with Gasteiger partial charge in [0, 0.05) is 34.8 Å². The van der Waals surface area contributed by atoms with E-state index in [0.717, 1.165) is 22.2 Å². The lowest BCUT2D eigenvalue weighted by atomic mass is 10.1. The quantitative estimate of drug-likeness (QED) is 0.591. The Morgan fingerprint density at radius 3 is 2.88 bits per heavy atom. The molecule has 126 valence electrons.